The fourth-order valence-corrected chi connectivity index (χ4v) is 7.27. The third-order valence-corrected chi connectivity index (χ3v) is 11.1. The van der Waals surface area contributed by atoms with Crippen LogP contribution in [-0.2, 0) is 27.5 Å². The number of carbonyl (C=O) groups is 7. The van der Waals surface area contributed by atoms with Gasteiger partial charge in [-0.2, -0.15) is 13.2 Å². The van der Waals surface area contributed by atoms with Crippen molar-refractivity contribution in [2.75, 3.05) is 13.1 Å². The van der Waals surface area contributed by atoms with Gasteiger partial charge < -0.3 is 69.7 Å². The quantitative estimate of drug-likeness (QED) is 0.0227. The first-order valence-corrected chi connectivity index (χ1v) is 25.0. The molecule has 0 radical (unpaired) electrons. The van der Waals surface area contributed by atoms with Crippen molar-refractivity contribution in [2.45, 2.75) is 110 Å². The Bertz CT molecular complexity index is 2960. The highest BCUT2D eigenvalue weighted by atomic mass is 19.4. The number of halogens is 3. The number of aromatic nitrogens is 4. The summed E-state index contributed by atoms with van der Waals surface area (Å²) in [4.78, 5) is 104. The average molecular weight is 1120 g/mol. The third-order valence-electron chi connectivity index (χ3n) is 11.1. The minimum absolute atomic E-state index is 0.0139. The van der Waals surface area contributed by atoms with Gasteiger partial charge in [0.25, 0.3) is 17.7 Å². The molecule has 0 aliphatic carbocycles. The molecule has 4 aromatic heterocycles. The second-order valence-electron chi connectivity index (χ2n) is 18.6. The van der Waals surface area contributed by atoms with Crippen molar-refractivity contribution in [1.82, 2.24) is 46.5 Å². The number of aliphatic carboxylic acids is 1. The maximum Gasteiger partial charge on any atom is 0.490 e. The summed E-state index contributed by atoms with van der Waals surface area (Å²) in [5.41, 5.74) is 7.08. The van der Waals surface area contributed by atoms with Gasteiger partial charge in [-0.3, -0.25) is 14.4 Å². The van der Waals surface area contributed by atoms with Gasteiger partial charge in [-0.05, 0) is 61.5 Å². The van der Waals surface area contributed by atoms with Gasteiger partial charge in [-0.25, -0.2) is 39.1 Å². The number of ether oxygens (including phenoxy) is 2. The summed E-state index contributed by atoms with van der Waals surface area (Å²) in [7, 11) is 0. The van der Waals surface area contributed by atoms with Crippen molar-refractivity contribution in [3.05, 3.63) is 143 Å². The molecule has 6 aromatic rings. The van der Waals surface area contributed by atoms with Gasteiger partial charge in [0.2, 0.25) is 23.6 Å². The molecule has 2 aromatic carbocycles. The van der Waals surface area contributed by atoms with Gasteiger partial charge in [-0.1, -0.05) is 88.4 Å². The lowest BCUT2D eigenvalue weighted by Gasteiger charge is -2.17. The summed E-state index contributed by atoms with van der Waals surface area (Å²) < 4.78 is 64.8. The highest BCUT2D eigenvalue weighted by molar-refractivity contribution is 5.93. The number of hydrogen-bond donors (Lipinski definition) is 8. The Morgan fingerprint density at radius 3 is 1.27 bits per heavy atom. The summed E-state index contributed by atoms with van der Waals surface area (Å²) in [5, 5.41) is 30.4. The van der Waals surface area contributed by atoms with Crippen LogP contribution in [0.2, 0.25) is 0 Å². The lowest BCUT2D eigenvalue weighted by atomic mass is 10.0. The zero-order valence-corrected chi connectivity index (χ0v) is 43.8. The highest BCUT2D eigenvalue weighted by Gasteiger charge is 2.38. The molecular weight excluding hydrogens is 1060 g/mol. The van der Waals surface area contributed by atoms with E-state index < -0.39 is 72.2 Å². The van der Waals surface area contributed by atoms with E-state index in [2.05, 4.69) is 46.5 Å². The number of hydrogen-bond acceptors (Lipinski definition) is 18. The van der Waals surface area contributed by atoms with Crippen LogP contribution in [0.1, 0.15) is 167 Å². The molecule has 80 heavy (non-hydrogen) atoms. The number of nitrogens with zero attached hydrogens (tertiary/aromatic N) is 4. The van der Waals surface area contributed by atoms with Gasteiger partial charge in [0.05, 0.1) is 6.04 Å². The Balaban J connectivity index is 0.00000157. The molecule has 0 saturated carbocycles. The van der Waals surface area contributed by atoms with Crippen molar-refractivity contribution in [2.24, 2.45) is 17.6 Å². The number of alkyl carbamates (subject to hydrolysis) is 2. The van der Waals surface area contributed by atoms with Crippen LogP contribution in [0, 0.1) is 11.8 Å². The highest BCUT2D eigenvalue weighted by Crippen LogP contribution is 2.26. The molecular formula is C52H61F3N10O15. The van der Waals surface area contributed by atoms with Gasteiger partial charge in [0.1, 0.15) is 56.4 Å². The van der Waals surface area contributed by atoms with E-state index in [1.807, 2.05) is 88.4 Å². The Hall–Kier alpha value is -9.08. The molecule has 0 bridgehead atoms. The molecule has 0 spiro atoms. The lowest BCUT2D eigenvalue weighted by Crippen LogP contribution is -2.32. The molecule has 6 rings (SSSR count). The van der Waals surface area contributed by atoms with E-state index in [1.165, 1.54) is 6.26 Å². The lowest BCUT2D eigenvalue weighted by molar-refractivity contribution is -0.192. The fourth-order valence-electron chi connectivity index (χ4n) is 7.27. The molecule has 0 aliphatic heterocycles. The second-order valence-corrected chi connectivity index (χ2v) is 18.6. The van der Waals surface area contributed by atoms with Gasteiger partial charge in [0, 0.05) is 13.1 Å². The monoisotopic (exact) mass is 1120 g/mol. The van der Waals surface area contributed by atoms with Crippen molar-refractivity contribution in [3.8, 4) is 0 Å². The predicted molar refractivity (Wildman–Crippen MR) is 271 cm³/mol. The van der Waals surface area contributed by atoms with Crippen molar-refractivity contribution < 1.29 is 84.1 Å². The first-order chi connectivity index (χ1) is 38.1. The van der Waals surface area contributed by atoms with Gasteiger partial charge in [0.15, 0.2) is 22.8 Å². The van der Waals surface area contributed by atoms with E-state index >= 15 is 0 Å². The third kappa shape index (κ3) is 20.4. The van der Waals surface area contributed by atoms with E-state index in [1.54, 1.807) is 0 Å². The smallest absolute Gasteiger partial charge is 0.476 e. The van der Waals surface area contributed by atoms with Crippen LogP contribution in [0.15, 0.2) is 103 Å². The molecule has 0 unspecified atom stereocenters. The van der Waals surface area contributed by atoms with Crippen LogP contribution in [-0.4, -0.2) is 91.3 Å². The summed E-state index contributed by atoms with van der Waals surface area (Å²) in [6, 6.07) is 15.0. The van der Waals surface area contributed by atoms with Crippen LogP contribution in [0.3, 0.4) is 0 Å². The van der Waals surface area contributed by atoms with Crippen molar-refractivity contribution >= 4 is 41.8 Å². The summed E-state index contributed by atoms with van der Waals surface area (Å²) in [6.07, 6.45) is -0.244. The summed E-state index contributed by atoms with van der Waals surface area (Å²) in [5.74, 6) is -5.74. The number of aromatic carboxylic acids is 1. The van der Waals surface area contributed by atoms with Crippen molar-refractivity contribution in [1.29, 1.82) is 0 Å². The summed E-state index contributed by atoms with van der Waals surface area (Å²) in [6.45, 7) is 8.27. The van der Waals surface area contributed by atoms with Crippen LogP contribution >= 0.6 is 0 Å². The van der Waals surface area contributed by atoms with E-state index in [-0.39, 0.29) is 110 Å². The van der Waals surface area contributed by atoms with Crippen LogP contribution in [0.5, 0.6) is 0 Å². The van der Waals surface area contributed by atoms with Gasteiger partial charge >= 0.3 is 30.3 Å². The topological polar surface area (TPSA) is 369 Å². The van der Waals surface area contributed by atoms with E-state index in [9.17, 15) is 47.0 Å². The number of benzene rings is 2. The number of nitrogens with two attached hydrogens (primary N) is 1. The largest absolute Gasteiger partial charge is 0.490 e. The van der Waals surface area contributed by atoms with Crippen LogP contribution in [0.4, 0.5) is 22.8 Å². The molecule has 0 aliphatic rings. The number of oxazole rings is 4. The van der Waals surface area contributed by atoms with E-state index in [0.717, 1.165) is 29.9 Å². The minimum atomic E-state index is -5.08. The normalized spacial score (nSPS) is 12.7. The second kappa shape index (κ2) is 30.2. The Morgan fingerprint density at radius 2 is 0.900 bits per heavy atom. The molecule has 28 heteroatoms. The molecule has 9 N–H and O–H groups in total. The average Bonchev–Trinajstić information content (AvgIpc) is 4.30. The van der Waals surface area contributed by atoms with Gasteiger partial charge in [-0.15, -0.1) is 0 Å². The summed E-state index contributed by atoms with van der Waals surface area (Å²) >= 11 is 0. The Kier molecular flexibility index (Phi) is 23.3. The number of amides is 5. The Labute approximate surface area is 455 Å². The number of carboxylic acid groups (broad SMARTS) is 2. The molecule has 4 atom stereocenters. The molecule has 25 nitrogen and oxygen atoms in total. The van der Waals surface area contributed by atoms with E-state index in [4.69, 9.17) is 42.8 Å². The number of rotatable bonds is 27. The zero-order chi connectivity index (χ0) is 58.4. The predicted octanol–water partition coefficient (Wildman–Crippen LogP) is 7.89. The molecule has 430 valence electrons. The zero-order valence-electron chi connectivity index (χ0n) is 43.8. The molecule has 4 heterocycles. The maximum atomic E-state index is 13.9. The SMILES string of the molecule is CC(C)C[C@H](NC(=O)c1coc([C@@H](N)CC(C)C)n1)c1nc(C(=O)N[C@@H](CCCNC(=O)OCc2ccccc2)c2nc(C(=O)N[C@@H](CCCNC(=O)OCc3ccccc3)c3nc(C(=O)O)co3)co2)co1.O=C(O)C(F)(F)F. The first-order valence-electron chi connectivity index (χ1n) is 25.0. The first kappa shape index (κ1) is 61.8. The maximum absolute atomic E-state index is 13.9. The van der Waals surface area contributed by atoms with Crippen LogP contribution in [0.25, 0.3) is 0 Å². The standard InChI is InChI=1S/C50H60N10O13.C2HF3O2/c1-29(2)21-33(51)44-57-37(25-68-44)43(63)56-36(22-30(3)4)47-59-39(27-70-47)42(62)54-34(17-11-19-52-49(66)72-23-31-13-7-5-8-14-31)45-58-38(26-69-45)41(61)55-35(46-60-40(28-71-46)48(64)65)18-12-20-53-50(67)73-24-32-15-9-6-10-16-32;3-2(4,5)1(6)7/h5-10,13-16,25-30,33-36H,11-12,17-24,51H2,1-4H3,(H,52,66)(H,53,67)(H,54,62)(H,55,61)(H,56,63)(H,64,65);(H,6,7)/t33-,34-,35-,36-;/m0./s1. The van der Waals surface area contributed by atoms with Crippen LogP contribution < -0.4 is 32.3 Å². The number of carbonyl (C=O) groups excluding carboxylic acids is 5. The fraction of sp³-hybridized carbons (Fsp3) is 0.404. The number of nitrogens with one attached hydrogen (secondary N) is 5. The molecule has 0 fully saturated rings. The minimum Gasteiger partial charge on any atom is -0.476 e. The number of carboxylic acids is 2. The Morgan fingerprint density at radius 1 is 0.550 bits per heavy atom. The molecule has 5 amide bonds. The van der Waals surface area contributed by atoms with E-state index in [0.29, 0.717) is 12.8 Å². The van der Waals surface area contributed by atoms with Crippen molar-refractivity contribution in [3.63, 3.8) is 0 Å². The number of alkyl halides is 3. The molecule has 0 saturated heterocycles.